The van der Waals surface area contributed by atoms with E-state index in [0.717, 1.165) is 18.1 Å². The fourth-order valence-corrected chi connectivity index (χ4v) is 27.3. The summed E-state index contributed by atoms with van der Waals surface area (Å²) in [4.78, 5) is 12.5. The van der Waals surface area contributed by atoms with Crippen LogP contribution in [0.15, 0.2) is 0 Å². The van der Waals surface area contributed by atoms with Crippen molar-refractivity contribution >= 4 is 45.3 Å². The zero-order chi connectivity index (χ0) is 23.8. The minimum absolute atomic E-state index is 0.0881. The SMILES string of the molecule is CCC[CH2][Sn]([CH2]CCC)([CH2]CCC)[CH2]C(S)C(CC(=O)OCC)O[Si](CC)(CC)CC. The molecule has 0 heterocycles. The standard InChI is InChI=1S/C13H27O3SSi.3C4H9.Sn/c1-6-15-13(14)10-12(11(5)17)16-18(7-2,8-3)9-4;3*1-3-4-2;/h11-12,17H,5-10H2,1-4H3;3*1,3-4H2,2H3;. The Balaban J connectivity index is 5.77. The summed E-state index contributed by atoms with van der Waals surface area (Å²) in [6.07, 6.45) is 8.24. The van der Waals surface area contributed by atoms with Crippen molar-refractivity contribution in [3.8, 4) is 0 Å². The normalized spacial score (nSPS) is 14.5. The number of ether oxygens (including phenoxy) is 1. The number of esters is 1. The molecule has 0 spiro atoms. The maximum atomic E-state index is 12.5. The molecule has 31 heavy (non-hydrogen) atoms. The molecule has 0 aromatic rings. The predicted molar refractivity (Wildman–Crippen MR) is 146 cm³/mol. The molecular formula is C25H54O3SSiSn. The zero-order valence-electron chi connectivity index (χ0n) is 21.9. The summed E-state index contributed by atoms with van der Waals surface area (Å²) < 4.78 is 18.0. The first kappa shape index (κ1) is 31.8. The van der Waals surface area contributed by atoms with Crippen molar-refractivity contribution in [2.75, 3.05) is 6.61 Å². The van der Waals surface area contributed by atoms with Crippen molar-refractivity contribution in [3.63, 3.8) is 0 Å². The van der Waals surface area contributed by atoms with Crippen LogP contribution in [-0.4, -0.2) is 50.6 Å². The van der Waals surface area contributed by atoms with E-state index in [9.17, 15) is 4.79 Å². The average Bonchev–Trinajstić information content (AvgIpc) is 2.77. The summed E-state index contributed by atoms with van der Waals surface area (Å²) in [5, 5.41) is 0.169. The van der Waals surface area contributed by atoms with Gasteiger partial charge < -0.3 is 0 Å². The number of carbonyl (C=O) groups excluding carboxylic acids is 1. The molecule has 0 rings (SSSR count). The maximum absolute atomic E-state index is 12.5. The van der Waals surface area contributed by atoms with Gasteiger partial charge in [0, 0.05) is 0 Å². The van der Waals surface area contributed by atoms with Gasteiger partial charge in [0.25, 0.3) is 0 Å². The molecule has 0 aromatic carbocycles. The second kappa shape index (κ2) is 18.2. The molecule has 0 radical (unpaired) electrons. The molecule has 186 valence electrons. The molecule has 0 aliphatic carbocycles. The van der Waals surface area contributed by atoms with Crippen molar-refractivity contribution in [2.24, 2.45) is 0 Å². The summed E-state index contributed by atoms with van der Waals surface area (Å²) in [7, 11) is -1.82. The van der Waals surface area contributed by atoms with Gasteiger partial charge in [0.2, 0.25) is 0 Å². The van der Waals surface area contributed by atoms with Gasteiger partial charge >= 0.3 is 207 Å². The summed E-state index contributed by atoms with van der Waals surface area (Å²) in [6.45, 7) is 16.1. The molecule has 0 aliphatic heterocycles. The van der Waals surface area contributed by atoms with Crippen LogP contribution in [0.3, 0.4) is 0 Å². The number of hydrogen-bond acceptors (Lipinski definition) is 4. The van der Waals surface area contributed by atoms with E-state index in [4.69, 9.17) is 21.8 Å². The molecule has 0 fully saturated rings. The third kappa shape index (κ3) is 12.2. The Kier molecular flexibility index (Phi) is 18.6. The first-order valence-electron chi connectivity index (χ1n) is 13.3. The number of rotatable bonds is 20. The van der Waals surface area contributed by atoms with Crippen LogP contribution in [0, 0.1) is 0 Å². The fraction of sp³-hybridized carbons (Fsp3) is 0.960. The molecule has 0 aromatic heterocycles. The van der Waals surface area contributed by atoms with Crippen molar-refractivity contribution < 1.29 is 14.0 Å². The Morgan fingerprint density at radius 3 is 1.65 bits per heavy atom. The number of carbonyl (C=O) groups is 1. The van der Waals surface area contributed by atoms with Crippen LogP contribution in [0.1, 0.15) is 93.4 Å². The average molecular weight is 582 g/mol. The van der Waals surface area contributed by atoms with E-state index in [0.29, 0.717) is 13.0 Å². The second-order valence-electron chi connectivity index (χ2n) is 9.49. The Morgan fingerprint density at radius 2 is 1.29 bits per heavy atom. The third-order valence-electron chi connectivity index (χ3n) is 7.26. The molecule has 2 atom stereocenters. The van der Waals surface area contributed by atoms with Crippen LogP contribution < -0.4 is 0 Å². The van der Waals surface area contributed by atoms with Crippen LogP contribution in [-0.2, 0) is 14.0 Å². The van der Waals surface area contributed by atoms with Crippen LogP contribution >= 0.6 is 12.6 Å². The van der Waals surface area contributed by atoms with Gasteiger partial charge in [0.05, 0.1) is 0 Å². The van der Waals surface area contributed by atoms with Gasteiger partial charge in [-0.2, -0.15) is 0 Å². The van der Waals surface area contributed by atoms with Gasteiger partial charge in [-0.1, -0.05) is 0 Å². The number of unbranched alkanes of at least 4 members (excludes halogenated alkanes) is 3. The Morgan fingerprint density at radius 1 is 0.839 bits per heavy atom. The van der Waals surface area contributed by atoms with Gasteiger partial charge in [-0.3, -0.25) is 0 Å². The van der Waals surface area contributed by atoms with Crippen molar-refractivity contribution in [3.05, 3.63) is 0 Å². The van der Waals surface area contributed by atoms with Gasteiger partial charge in [0.1, 0.15) is 0 Å². The summed E-state index contributed by atoms with van der Waals surface area (Å²) in [5.74, 6) is -0.116. The van der Waals surface area contributed by atoms with Gasteiger partial charge in [-0.25, -0.2) is 0 Å². The van der Waals surface area contributed by atoms with E-state index in [1.165, 1.54) is 56.3 Å². The minimum atomic E-state index is -2.36. The molecule has 0 saturated carbocycles. The summed E-state index contributed by atoms with van der Waals surface area (Å²) >= 11 is 2.84. The number of thiol groups is 1. The summed E-state index contributed by atoms with van der Waals surface area (Å²) in [5.41, 5.74) is 0. The van der Waals surface area contributed by atoms with Gasteiger partial charge in [-0.05, 0) is 0 Å². The van der Waals surface area contributed by atoms with Crippen molar-refractivity contribution in [2.45, 2.75) is 141 Å². The molecule has 2 unspecified atom stereocenters. The van der Waals surface area contributed by atoms with E-state index in [2.05, 4.69) is 41.5 Å². The van der Waals surface area contributed by atoms with Crippen molar-refractivity contribution in [1.82, 2.24) is 0 Å². The molecular weight excluding hydrogens is 527 g/mol. The number of hydrogen-bond donors (Lipinski definition) is 1. The van der Waals surface area contributed by atoms with Crippen LogP contribution in [0.2, 0.25) is 35.9 Å². The topological polar surface area (TPSA) is 35.5 Å². The molecule has 0 aliphatic rings. The molecule has 6 heteroatoms. The second-order valence-corrected chi connectivity index (χ2v) is 28.9. The van der Waals surface area contributed by atoms with Crippen LogP contribution in [0.5, 0.6) is 0 Å². The molecule has 0 amide bonds. The Labute approximate surface area is 205 Å². The Bertz CT molecular complexity index is 430. The van der Waals surface area contributed by atoms with Gasteiger partial charge in [-0.15, -0.1) is 0 Å². The predicted octanol–water partition coefficient (Wildman–Crippen LogP) is 8.48. The van der Waals surface area contributed by atoms with Crippen molar-refractivity contribution in [1.29, 1.82) is 0 Å². The zero-order valence-corrected chi connectivity index (χ0v) is 26.7. The molecule has 3 nitrogen and oxygen atoms in total. The first-order chi connectivity index (χ1) is 14.8. The first-order valence-corrected chi connectivity index (χ1v) is 24.4. The third-order valence-corrected chi connectivity index (χ3v) is 29.3. The molecule has 0 N–H and O–H groups in total. The Hall–Kier alpha value is 0.796. The van der Waals surface area contributed by atoms with Gasteiger partial charge in [0.15, 0.2) is 0 Å². The van der Waals surface area contributed by atoms with E-state index in [1.54, 1.807) is 0 Å². The van der Waals surface area contributed by atoms with E-state index in [-0.39, 0.29) is 17.3 Å². The monoisotopic (exact) mass is 582 g/mol. The quantitative estimate of drug-likeness (QED) is 0.0890. The molecule has 0 bridgehead atoms. The van der Waals surface area contributed by atoms with E-state index < -0.39 is 26.7 Å². The van der Waals surface area contributed by atoms with E-state index >= 15 is 0 Å². The fourth-order valence-electron chi connectivity index (χ4n) is 4.87. The molecule has 0 saturated heterocycles. The van der Waals surface area contributed by atoms with Crippen LogP contribution in [0.25, 0.3) is 0 Å². The summed E-state index contributed by atoms with van der Waals surface area (Å²) in [6, 6.07) is 3.32. The van der Waals surface area contributed by atoms with E-state index in [1.807, 2.05) is 6.92 Å². The van der Waals surface area contributed by atoms with Crippen LogP contribution in [0.4, 0.5) is 0 Å².